The van der Waals surface area contributed by atoms with Crippen LogP contribution in [0.5, 0.6) is 17.2 Å². The molecule has 142 valence electrons. The standard InChI is InChI=1S/C19H31NO5/c1-14-5-7-20(8-6-14)11-16(21)13-25-12-15-9-17(22-2)19(24-4)18(10-15)23-3/h9-10,14,16,21H,5-8,11-13H2,1-4H3/t16-/m0/s1. The maximum Gasteiger partial charge on any atom is 0.203 e. The van der Waals surface area contributed by atoms with Gasteiger partial charge in [-0.3, -0.25) is 0 Å². The van der Waals surface area contributed by atoms with E-state index in [0.717, 1.165) is 24.6 Å². The van der Waals surface area contributed by atoms with E-state index in [-0.39, 0.29) is 0 Å². The first-order chi connectivity index (χ1) is 12.1. The number of aliphatic hydroxyl groups excluding tert-OH is 1. The summed E-state index contributed by atoms with van der Waals surface area (Å²) >= 11 is 0. The lowest BCUT2D eigenvalue weighted by Gasteiger charge is -2.31. The zero-order valence-electron chi connectivity index (χ0n) is 15.8. The Balaban J connectivity index is 1.82. The Morgan fingerprint density at radius 2 is 1.68 bits per heavy atom. The zero-order chi connectivity index (χ0) is 18.2. The molecule has 0 aliphatic carbocycles. The summed E-state index contributed by atoms with van der Waals surface area (Å²) in [5.41, 5.74) is 0.911. The molecule has 0 spiro atoms. The van der Waals surface area contributed by atoms with E-state index in [4.69, 9.17) is 18.9 Å². The summed E-state index contributed by atoms with van der Waals surface area (Å²) in [6.45, 7) is 5.76. The van der Waals surface area contributed by atoms with Gasteiger partial charge in [-0.2, -0.15) is 0 Å². The van der Waals surface area contributed by atoms with Crippen molar-refractivity contribution in [3.05, 3.63) is 17.7 Å². The molecule has 1 heterocycles. The molecular formula is C19H31NO5. The number of hydrogen-bond donors (Lipinski definition) is 1. The molecule has 1 fully saturated rings. The number of aliphatic hydroxyl groups is 1. The summed E-state index contributed by atoms with van der Waals surface area (Å²) in [6, 6.07) is 3.72. The van der Waals surface area contributed by atoms with Crippen LogP contribution in [0.1, 0.15) is 25.3 Å². The highest BCUT2D eigenvalue weighted by Gasteiger charge is 2.18. The van der Waals surface area contributed by atoms with Gasteiger partial charge >= 0.3 is 0 Å². The fourth-order valence-corrected chi connectivity index (χ4v) is 3.13. The lowest BCUT2D eigenvalue weighted by molar-refractivity contribution is 0.00489. The van der Waals surface area contributed by atoms with Gasteiger partial charge in [-0.05, 0) is 49.5 Å². The smallest absolute Gasteiger partial charge is 0.203 e. The summed E-state index contributed by atoms with van der Waals surface area (Å²) in [7, 11) is 4.75. The van der Waals surface area contributed by atoms with Gasteiger partial charge in [0.25, 0.3) is 0 Å². The van der Waals surface area contributed by atoms with Gasteiger partial charge < -0.3 is 29.0 Å². The van der Waals surface area contributed by atoms with Gasteiger partial charge in [0.05, 0.1) is 40.6 Å². The Morgan fingerprint density at radius 3 is 2.20 bits per heavy atom. The van der Waals surface area contributed by atoms with Crippen molar-refractivity contribution < 1.29 is 24.1 Å². The van der Waals surface area contributed by atoms with Crippen LogP contribution in [0.15, 0.2) is 12.1 Å². The molecule has 1 aliphatic rings. The van der Waals surface area contributed by atoms with Crippen LogP contribution in [-0.4, -0.2) is 63.7 Å². The third-order valence-electron chi connectivity index (χ3n) is 4.65. The first-order valence-corrected chi connectivity index (χ1v) is 8.84. The minimum absolute atomic E-state index is 0.308. The monoisotopic (exact) mass is 353 g/mol. The predicted molar refractivity (Wildman–Crippen MR) is 96.6 cm³/mol. The van der Waals surface area contributed by atoms with E-state index in [1.807, 2.05) is 12.1 Å². The average molecular weight is 353 g/mol. The summed E-state index contributed by atoms with van der Waals surface area (Å²) in [4.78, 5) is 2.31. The molecule has 0 radical (unpaired) electrons. The van der Waals surface area contributed by atoms with Crippen LogP contribution >= 0.6 is 0 Å². The summed E-state index contributed by atoms with van der Waals surface area (Å²) in [5, 5.41) is 10.2. The summed E-state index contributed by atoms with van der Waals surface area (Å²) in [6.07, 6.45) is 1.94. The van der Waals surface area contributed by atoms with Gasteiger partial charge in [0.1, 0.15) is 0 Å². The maximum atomic E-state index is 10.2. The molecule has 1 atom stereocenters. The molecule has 1 aromatic rings. The van der Waals surface area contributed by atoms with E-state index in [9.17, 15) is 5.11 Å². The molecule has 0 aromatic heterocycles. The molecule has 2 rings (SSSR count). The first-order valence-electron chi connectivity index (χ1n) is 8.84. The minimum Gasteiger partial charge on any atom is -0.493 e. The Hall–Kier alpha value is -1.50. The number of likely N-dealkylation sites (tertiary alicyclic amines) is 1. The lowest BCUT2D eigenvalue weighted by atomic mass is 9.99. The van der Waals surface area contributed by atoms with Gasteiger partial charge in [0.2, 0.25) is 5.75 Å². The Kier molecular flexibility index (Phi) is 7.81. The molecule has 0 unspecified atom stereocenters. The fraction of sp³-hybridized carbons (Fsp3) is 0.684. The van der Waals surface area contributed by atoms with Gasteiger partial charge in [-0.15, -0.1) is 0 Å². The van der Waals surface area contributed by atoms with Crippen LogP contribution in [-0.2, 0) is 11.3 Å². The van der Waals surface area contributed by atoms with E-state index in [0.29, 0.717) is 37.0 Å². The lowest BCUT2D eigenvalue weighted by Crippen LogP contribution is -2.39. The Morgan fingerprint density at radius 1 is 1.08 bits per heavy atom. The summed E-state index contributed by atoms with van der Waals surface area (Å²) < 4.78 is 21.7. The molecule has 25 heavy (non-hydrogen) atoms. The predicted octanol–water partition coefficient (Wildman–Crippen LogP) is 2.32. The normalized spacial score (nSPS) is 17.3. The molecule has 1 saturated heterocycles. The van der Waals surface area contributed by atoms with E-state index >= 15 is 0 Å². The molecule has 0 bridgehead atoms. The number of benzene rings is 1. The number of methoxy groups -OCH3 is 3. The Labute approximate surface area is 150 Å². The Bertz CT molecular complexity index is 504. The molecule has 0 amide bonds. The molecule has 0 saturated carbocycles. The average Bonchev–Trinajstić information content (AvgIpc) is 2.62. The topological polar surface area (TPSA) is 60.4 Å². The van der Waals surface area contributed by atoms with Crippen molar-refractivity contribution in [3.63, 3.8) is 0 Å². The van der Waals surface area contributed by atoms with Crippen LogP contribution in [0.4, 0.5) is 0 Å². The maximum absolute atomic E-state index is 10.2. The molecule has 6 heteroatoms. The van der Waals surface area contributed by atoms with Gasteiger partial charge in [0.15, 0.2) is 11.5 Å². The fourth-order valence-electron chi connectivity index (χ4n) is 3.13. The third-order valence-corrected chi connectivity index (χ3v) is 4.65. The molecule has 6 nitrogen and oxygen atoms in total. The molecule has 1 aromatic carbocycles. The van der Waals surface area contributed by atoms with E-state index in [1.54, 1.807) is 21.3 Å². The second kappa shape index (κ2) is 9.85. The van der Waals surface area contributed by atoms with Gasteiger partial charge in [-0.25, -0.2) is 0 Å². The van der Waals surface area contributed by atoms with Crippen molar-refractivity contribution in [2.45, 2.75) is 32.5 Å². The number of ether oxygens (including phenoxy) is 4. The van der Waals surface area contributed by atoms with Crippen LogP contribution in [0, 0.1) is 5.92 Å². The number of nitrogens with zero attached hydrogens (tertiary/aromatic N) is 1. The first kappa shape index (κ1) is 19.8. The number of β-amino-alcohol motifs (C(OH)–C–C–N with tert-alkyl or cyclic N) is 1. The van der Waals surface area contributed by atoms with Crippen molar-refractivity contribution in [2.75, 3.05) is 47.6 Å². The highest BCUT2D eigenvalue weighted by molar-refractivity contribution is 5.53. The molecular weight excluding hydrogens is 322 g/mol. The summed E-state index contributed by atoms with van der Waals surface area (Å²) in [5.74, 6) is 2.56. The third kappa shape index (κ3) is 5.76. The second-order valence-corrected chi connectivity index (χ2v) is 6.69. The highest BCUT2D eigenvalue weighted by Crippen LogP contribution is 2.38. The SMILES string of the molecule is COc1cc(COC[C@@H](O)CN2CCC(C)CC2)cc(OC)c1OC. The van der Waals surface area contributed by atoms with Crippen molar-refractivity contribution >= 4 is 0 Å². The van der Waals surface area contributed by atoms with Crippen LogP contribution < -0.4 is 14.2 Å². The minimum atomic E-state index is -0.476. The van der Waals surface area contributed by atoms with Gasteiger partial charge in [-0.1, -0.05) is 6.92 Å². The largest absolute Gasteiger partial charge is 0.493 e. The molecule has 1 N–H and O–H groups in total. The van der Waals surface area contributed by atoms with Crippen molar-refractivity contribution in [2.24, 2.45) is 5.92 Å². The highest BCUT2D eigenvalue weighted by atomic mass is 16.5. The van der Waals surface area contributed by atoms with Crippen molar-refractivity contribution in [3.8, 4) is 17.2 Å². The number of piperidine rings is 1. The van der Waals surface area contributed by atoms with Crippen LogP contribution in [0.25, 0.3) is 0 Å². The molecule has 1 aliphatic heterocycles. The quantitative estimate of drug-likeness (QED) is 0.735. The van der Waals surface area contributed by atoms with Crippen LogP contribution in [0.3, 0.4) is 0 Å². The van der Waals surface area contributed by atoms with E-state index < -0.39 is 6.10 Å². The van der Waals surface area contributed by atoms with Crippen LogP contribution in [0.2, 0.25) is 0 Å². The van der Waals surface area contributed by atoms with E-state index in [2.05, 4.69) is 11.8 Å². The van der Waals surface area contributed by atoms with Gasteiger partial charge in [0, 0.05) is 6.54 Å². The number of hydrogen-bond acceptors (Lipinski definition) is 6. The van der Waals surface area contributed by atoms with E-state index in [1.165, 1.54) is 12.8 Å². The van der Waals surface area contributed by atoms with Crippen molar-refractivity contribution in [1.29, 1.82) is 0 Å². The second-order valence-electron chi connectivity index (χ2n) is 6.69. The van der Waals surface area contributed by atoms with Crippen molar-refractivity contribution in [1.82, 2.24) is 4.90 Å². The number of rotatable bonds is 9. The zero-order valence-corrected chi connectivity index (χ0v) is 15.8.